The van der Waals surface area contributed by atoms with Crippen molar-refractivity contribution in [1.29, 1.82) is 0 Å². The monoisotopic (exact) mass is 504 g/mol. The molecule has 0 saturated carbocycles. The second-order valence-corrected chi connectivity index (χ2v) is 10.5. The molecular weight excluding hydrogens is 463 g/mol. The maximum atomic E-state index is 15.5. The fraction of sp³-hybridized carbons (Fsp3) is 0.351. The van der Waals surface area contributed by atoms with Crippen molar-refractivity contribution < 1.29 is 4.39 Å². The minimum Gasteiger partial charge on any atom is -0.206 e. The second kappa shape index (κ2) is 14.5. The molecule has 0 aliphatic rings. The summed E-state index contributed by atoms with van der Waals surface area (Å²) in [6, 6.07) is 26.7. The SMILES string of the molecule is CCCCCCCc1ccc(-c2ccc3cc(C#Cc4ccc(CCCCCC)cc4)ccc3c2F)cc1. The first-order valence-corrected chi connectivity index (χ1v) is 14.6. The summed E-state index contributed by atoms with van der Waals surface area (Å²) in [7, 11) is 0. The zero-order chi connectivity index (χ0) is 26.6. The Bertz CT molecular complexity index is 1350. The fourth-order valence-electron chi connectivity index (χ4n) is 5.03. The average Bonchev–Trinajstić information content (AvgIpc) is 2.95. The van der Waals surface area contributed by atoms with Crippen LogP contribution in [0.2, 0.25) is 0 Å². The first kappa shape index (κ1) is 27.7. The van der Waals surface area contributed by atoms with Gasteiger partial charge >= 0.3 is 0 Å². The largest absolute Gasteiger partial charge is 0.206 e. The molecule has 1 heteroatoms. The number of aryl methyl sites for hydroxylation is 2. The molecule has 196 valence electrons. The van der Waals surface area contributed by atoms with Gasteiger partial charge in [-0.3, -0.25) is 0 Å². The molecule has 0 heterocycles. The van der Waals surface area contributed by atoms with Crippen LogP contribution in [-0.4, -0.2) is 0 Å². The van der Waals surface area contributed by atoms with Crippen LogP contribution >= 0.6 is 0 Å². The maximum absolute atomic E-state index is 15.5. The molecule has 0 fully saturated rings. The normalized spacial score (nSPS) is 10.9. The molecule has 0 radical (unpaired) electrons. The Morgan fingerprint density at radius 1 is 0.553 bits per heavy atom. The van der Waals surface area contributed by atoms with Gasteiger partial charge < -0.3 is 0 Å². The highest BCUT2D eigenvalue weighted by molar-refractivity contribution is 5.89. The summed E-state index contributed by atoms with van der Waals surface area (Å²) >= 11 is 0. The first-order chi connectivity index (χ1) is 18.7. The quantitative estimate of drug-likeness (QED) is 0.133. The third-order valence-corrected chi connectivity index (χ3v) is 7.41. The van der Waals surface area contributed by atoms with Crippen molar-refractivity contribution in [2.75, 3.05) is 0 Å². The fourth-order valence-corrected chi connectivity index (χ4v) is 5.03. The van der Waals surface area contributed by atoms with Crippen molar-refractivity contribution in [3.05, 3.63) is 107 Å². The lowest BCUT2D eigenvalue weighted by Gasteiger charge is -2.09. The zero-order valence-electron chi connectivity index (χ0n) is 23.2. The Balaban J connectivity index is 1.41. The lowest BCUT2D eigenvalue weighted by molar-refractivity contribution is 0.632. The summed E-state index contributed by atoms with van der Waals surface area (Å²) in [6.45, 7) is 4.49. The molecule has 0 nitrogen and oxygen atoms in total. The number of fused-ring (bicyclic) bond motifs is 1. The number of benzene rings is 4. The van der Waals surface area contributed by atoms with Crippen LogP contribution in [0.15, 0.2) is 78.9 Å². The topological polar surface area (TPSA) is 0 Å². The molecule has 0 atom stereocenters. The highest BCUT2D eigenvalue weighted by atomic mass is 19.1. The van der Waals surface area contributed by atoms with E-state index in [1.165, 1.54) is 68.9 Å². The van der Waals surface area contributed by atoms with E-state index in [-0.39, 0.29) is 5.82 Å². The van der Waals surface area contributed by atoms with E-state index in [4.69, 9.17) is 0 Å². The minimum absolute atomic E-state index is 0.163. The van der Waals surface area contributed by atoms with E-state index in [2.05, 4.69) is 74.2 Å². The Kier molecular flexibility index (Phi) is 10.6. The van der Waals surface area contributed by atoms with E-state index in [0.29, 0.717) is 10.9 Å². The zero-order valence-corrected chi connectivity index (χ0v) is 23.2. The van der Waals surface area contributed by atoms with Crippen molar-refractivity contribution in [2.24, 2.45) is 0 Å². The van der Waals surface area contributed by atoms with Gasteiger partial charge in [-0.2, -0.15) is 0 Å². The molecule has 38 heavy (non-hydrogen) atoms. The van der Waals surface area contributed by atoms with Gasteiger partial charge in [-0.15, -0.1) is 0 Å². The third-order valence-electron chi connectivity index (χ3n) is 7.41. The summed E-state index contributed by atoms with van der Waals surface area (Å²) in [5.41, 5.74) is 6.19. The number of hydrogen-bond acceptors (Lipinski definition) is 0. The molecule has 0 N–H and O–H groups in total. The molecule has 0 aromatic heterocycles. The summed E-state index contributed by atoms with van der Waals surface area (Å²) in [5.74, 6) is 6.36. The summed E-state index contributed by atoms with van der Waals surface area (Å²) in [6.07, 6.45) is 13.8. The molecule has 0 amide bonds. The van der Waals surface area contributed by atoms with E-state index >= 15 is 4.39 Å². The highest BCUT2D eigenvalue weighted by Crippen LogP contribution is 2.30. The summed E-state index contributed by atoms with van der Waals surface area (Å²) < 4.78 is 15.5. The van der Waals surface area contributed by atoms with Gasteiger partial charge in [-0.05, 0) is 72.0 Å². The number of halogens is 1. The Labute approximate surface area is 229 Å². The van der Waals surface area contributed by atoms with Crippen LogP contribution in [0, 0.1) is 17.7 Å². The van der Waals surface area contributed by atoms with Crippen molar-refractivity contribution in [3.8, 4) is 23.0 Å². The molecular formula is C37H41F. The second-order valence-electron chi connectivity index (χ2n) is 10.5. The molecule has 0 aliphatic carbocycles. The summed E-state index contributed by atoms with van der Waals surface area (Å²) in [5, 5.41) is 1.52. The van der Waals surface area contributed by atoms with Crippen molar-refractivity contribution in [1.82, 2.24) is 0 Å². The first-order valence-electron chi connectivity index (χ1n) is 14.6. The molecule has 4 aromatic carbocycles. The molecule has 0 aliphatic heterocycles. The average molecular weight is 505 g/mol. The minimum atomic E-state index is -0.163. The van der Waals surface area contributed by atoms with Gasteiger partial charge in [0, 0.05) is 22.1 Å². The Morgan fingerprint density at radius 2 is 1.11 bits per heavy atom. The smallest absolute Gasteiger partial charge is 0.138 e. The van der Waals surface area contributed by atoms with Crippen LogP contribution in [0.4, 0.5) is 4.39 Å². The Hall–Kier alpha value is -3.37. The van der Waals surface area contributed by atoms with Gasteiger partial charge in [0.25, 0.3) is 0 Å². The van der Waals surface area contributed by atoms with Crippen LogP contribution in [0.5, 0.6) is 0 Å². The standard InChI is InChI=1S/C37H41F/c1-3-5-7-9-11-13-30-20-23-33(24-21-30)35-27-25-34-28-32(22-26-36(34)37(35)38)19-18-31-16-14-29(15-17-31)12-10-8-6-4-2/h14-17,20-28H,3-13H2,1-2H3. The van der Waals surface area contributed by atoms with Crippen molar-refractivity contribution >= 4 is 10.8 Å². The van der Waals surface area contributed by atoms with E-state index < -0.39 is 0 Å². The molecule has 4 aromatic rings. The molecule has 0 spiro atoms. The van der Waals surface area contributed by atoms with Crippen LogP contribution in [0.3, 0.4) is 0 Å². The van der Waals surface area contributed by atoms with E-state index in [1.807, 2.05) is 30.3 Å². The van der Waals surface area contributed by atoms with E-state index in [9.17, 15) is 0 Å². The number of unbranched alkanes of at least 4 members (excludes halogenated alkanes) is 7. The van der Waals surface area contributed by atoms with Gasteiger partial charge in [-0.25, -0.2) is 4.39 Å². The van der Waals surface area contributed by atoms with Crippen molar-refractivity contribution in [3.63, 3.8) is 0 Å². The van der Waals surface area contributed by atoms with E-state index in [0.717, 1.165) is 34.9 Å². The third kappa shape index (κ3) is 7.82. The maximum Gasteiger partial charge on any atom is 0.138 e. The lowest BCUT2D eigenvalue weighted by Crippen LogP contribution is -1.90. The summed E-state index contributed by atoms with van der Waals surface area (Å²) in [4.78, 5) is 0. The van der Waals surface area contributed by atoms with Crippen LogP contribution in [0.25, 0.3) is 21.9 Å². The van der Waals surface area contributed by atoms with Crippen molar-refractivity contribution in [2.45, 2.75) is 84.5 Å². The molecule has 0 bridgehead atoms. The van der Waals surface area contributed by atoms with Gasteiger partial charge in [-0.1, -0.05) is 125 Å². The highest BCUT2D eigenvalue weighted by Gasteiger charge is 2.10. The van der Waals surface area contributed by atoms with Gasteiger partial charge in [0.1, 0.15) is 5.82 Å². The molecule has 0 unspecified atom stereocenters. The van der Waals surface area contributed by atoms with Gasteiger partial charge in [0.2, 0.25) is 0 Å². The van der Waals surface area contributed by atoms with Gasteiger partial charge in [0.15, 0.2) is 0 Å². The Morgan fingerprint density at radius 3 is 1.76 bits per heavy atom. The van der Waals surface area contributed by atoms with Crippen LogP contribution in [0.1, 0.15) is 93.9 Å². The van der Waals surface area contributed by atoms with Gasteiger partial charge in [0.05, 0.1) is 0 Å². The van der Waals surface area contributed by atoms with Crippen LogP contribution < -0.4 is 0 Å². The predicted molar refractivity (Wildman–Crippen MR) is 162 cm³/mol. The number of hydrogen-bond donors (Lipinski definition) is 0. The van der Waals surface area contributed by atoms with Crippen LogP contribution in [-0.2, 0) is 12.8 Å². The molecule has 0 saturated heterocycles. The molecule has 4 rings (SSSR count). The lowest BCUT2D eigenvalue weighted by atomic mass is 9.97. The van der Waals surface area contributed by atoms with E-state index in [1.54, 1.807) is 0 Å². The predicted octanol–water partition coefficient (Wildman–Crippen LogP) is 10.7. The number of rotatable bonds is 12.